The zero-order valence-corrected chi connectivity index (χ0v) is 17.2. The lowest BCUT2D eigenvalue weighted by Gasteiger charge is -2.25. The Labute approximate surface area is 172 Å². The molecule has 2 aromatic heterocycles. The molecule has 2 fully saturated rings. The van der Waals surface area contributed by atoms with E-state index in [1.165, 1.54) is 18.0 Å². The van der Waals surface area contributed by atoms with E-state index in [0.717, 1.165) is 18.9 Å². The topological polar surface area (TPSA) is 144 Å². The van der Waals surface area contributed by atoms with Gasteiger partial charge in [0.2, 0.25) is 0 Å². The van der Waals surface area contributed by atoms with Crippen LogP contribution in [0.2, 0.25) is 0 Å². The molecule has 1 aliphatic carbocycles. The van der Waals surface area contributed by atoms with Crippen LogP contribution in [0.3, 0.4) is 0 Å². The lowest BCUT2D eigenvalue weighted by atomic mass is 9.92. The Kier molecular flexibility index (Phi) is 5.45. The monoisotopic (exact) mass is 438 g/mol. The van der Waals surface area contributed by atoms with E-state index in [4.69, 9.17) is 9.47 Å². The van der Waals surface area contributed by atoms with Gasteiger partial charge in [-0.2, -0.15) is 5.10 Å². The Hall–Kier alpha value is -2.60. The van der Waals surface area contributed by atoms with Crippen molar-refractivity contribution in [2.24, 2.45) is 5.92 Å². The molecule has 1 unspecified atom stereocenters. The second-order valence-electron chi connectivity index (χ2n) is 7.64. The number of methoxy groups -OCH3 is 1. The molecule has 2 aromatic rings. The van der Waals surface area contributed by atoms with Gasteiger partial charge in [-0.15, -0.1) is 0 Å². The van der Waals surface area contributed by atoms with Crippen molar-refractivity contribution in [1.82, 2.24) is 14.8 Å². The van der Waals surface area contributed by atoms with Gasteiger partial charge >= 0.3 is 11.8 Å². The summed E-state index contributed by atoms with van der Waals surface area (Å²) in [6.07, 6.45) is 4.26. The predicted octanol–water partition coefficient (Wildman–Crippen LogP) is 1.81. The largest absolute Gasteiger partial charge is 0.467 e. The third kappa shape index (κ3) is 3.76. The number of hydrogen-bond donors (Lipinski definition) is 0. The number of esters is 1. The number of nitro groups is 1. The zero-order chi connectivity index (χ0) is 21.5. The Bertz CT molecular complexity index is 1090. The second kappa shape index (κ2) is 7.91. The van der Waals surface area contributed by atoms with Crippen LogP contribution in [0.25, 0.3) is 11.0 Å². The first kappa shape index (κ1) is 20.7. The minimum absolute atomic E-state index is 0.00844. The van der Waals surface area contributed by atoms with Crippen LogP contribution >= 0.6 is 0 Å². The van der Waals surface area contributed by atoms with Crippen LogP contribution < -0.4 is 0 Å². The molecule has 162 valence electrons. The molecule has 12 heteroatoms. The molecule has 2 aliphatic rings. The molecule has 0 amide bonds. The molecular weight excluding hydrogens is 416 g/mol. The van der Waals surface area contributed by atoms with E-state index < -0.39 is 37.8 Å². The third-order valence-electron chi connectivity index (χ3n) is 5.64. The Balaban J connectivity index is 1.84. The Morgan fingerprint density at radius 3 is 2.67 bits per heavy atom. The van der Waals surface area contributed by atoms with Crippen LogP contribution in [0.4, 0.5) is 5.82 Å². The highest BCUT2D eigenvalue weighted by Gasteiger charge is 2.40. The van der Waals surface area contributed by atoms with Crippen molar-refractivity contribution >= 4 is 32.7 Å². The zero-order valence-electron chi connectivity index (χ0n) is 16.4. The number of aromatic nitrogens is 3. The van der Waals surface area contributed by atoms with Crippen LogP contribution in [0.15, 0.2) is 17.2 Å². The van der Waals surface area contributed by atoms with Crippen LogP contribution in [0.1, 0.15) is 38.1 Å². The van der Waals surface area contributed by atoms with Crippen LogP contribution in [-0.4, -0.2) is 59.6 Å². The van der Waals surface area contributed by atoms with Gasteiger partial charge in [-0.3, -0.25) is 0 Å². The van der Waals surface area contributed by atoms with Gasteiger partial charge in [-0.05, 0) is 47.9 Å². The maximum atomic E-state index is 12.9. The molecule has 0 radical (unpaired) electrons. The van der Waals surface area contributed by atoms with Crippen molar-refractivity contribution in [3.63, 3.8) is 0 Å². The van der Waals surface area contributed by atoms with Gasteiger partial charge in [0, 0.05) is 13.2 Å². The lowest BCUT2D eigenvalue weighted by Crippen LogP contribution is -2.27. The number of rotatable bonds is 7. The molecule has 0 N–H and O–H groups in total. The smallest absolute Gasteiger partial charge is 0.367 e. The minimum Gasteiger partial charge on any atom is -0.467 e. The first-order chi connectivity index (χ1) is 14.3. The quantitative estimate of drug-likeness (QED) is 0.359. The molecule has 11 nitrogen and oxygen atoms in total. The van der Waals surface area contributed by atoms with Crippen molar-refractivity contribution in [3.8, 4) is 0 Å². The van der Waals surface area contributed by atoms with Crippen molar-refractivity contribution < 1.29 is 27.6 Å². The van der Waals surface area contributed by atoms with Gasteiger partial charge in [0.15, 0.2) is 15.9 Å². The van der Waals surface area contributed by atoms with Gasteiger partial charge < -0.3 is 19.6 Å². The summed E-state index contributed by atoms with van der Waals surface area (Å²) < 4.78 is 37.3. The molecule has 1 aliphatic heterocycles. The van der Waals surface area contributed by atoms with E-state index in [1.807, 2.05) is 0 Å². The van der Waals surface area contributed by atoms with Gasteiger partial charge in [-0.25, -0.2) is 17.9 Å². The number of ether oxygens (including phenoxy) is 2. The molecule has 1 saturated heterocycles. The first-order valence-electron chi connectivity index (χ1n) is 9.75. The molecule has 30 heavy (non-hydrogen) atoms. The van der Waals surface area contributed by atoms with Gasteiger partial charge in [0.1, 0.15) is 0 Å². The van der Waals surface area contributed by atoms with Crippen LogP contribution in [0, 0.1) is 16.0 Å². The van der Waals surface area contributed by atoms with Gasteiger partial charge in [0.05, 0.1) is 34.9 Å². The highest BCUT2D eigenvalue weighted by atomic mass is 32.2. The van der Waals surface area contributed by atoms with Gasteiger partial charge in [-0.1, -0.05) is 0 Å². The number of fused-ring (bicyclic) bond motifs is 1. The van der Waals surface area contributed by atoms with Crippen molar-refractivity contribution in [2.75, 3.05) is 20.3 Å². The van der Waals surface area contributed by atoms with Crippen molar-refractivity contribution in [2.45, 2.75) is 48.3 Å². The number of pyridine rings is 1. The van der Waals surface area contributed by atoms with E-state index in [2.05, 4.69) is 10.1 Å². The summed E-state index contributed by atoms with van der Waals surface area (Å²) in [5.41, 5.74) is -0.00844. The van der Waals surface area contributed by atoms with Gasteiger partial charge in [0.25, 0.3) is 5.65 Å². The molecule has 0 aromatic carbocycles. The number of carbonyl (C=O) groups excluding carboxylic acids is 1. The molecule has 0 spiro atoms. The van der Waals surface area contributed by atoms with E-state index >= 15 is 0 Å². The summed E-state index contributed by atoms with van der Waals surface area (Å²) in [5, 5.41) is 15.3. The molecule has 1 saturated carbocycles. The average molecular weight is 438 g/mol. The summed E-state index contributed by atoms with van der Waals surface area (Å²) in [6.45, 7) is 1.18. The fourth-order valence-corrected chi connectivity index (χ4v) is 5.66. The minimum atomic E-state index is -3.74. The van der Waals surface area contributed by atoms with Crippen molar-refractivity contribution in [3.05, 3.63) is 22.4 Å². The number of sulfone groups is 1. The first-order valence-corrected chi connectivity index (χ1v) is 11.3. The highest BCUT2D eigenvalue weighted by molar-refractivity contribution is 7.92. The summed E-state index contributed by atoms with van der Waals surface area (Å²) >= 11 is 0. The standard InChI is InChI=1S/C18H22N4O7S/c1-28-18(23)14(8-11-4-6-29-7-5-11)21-17-13(10-19-21)15(9-16(20-17)22(24)25)30(26,27)12-2-3-12/h9-12,14H,2-8H2,1H3. The van der Waals surface area contributed by atoms with E-state index in [1.54, 1.807) is 0 Å². The highest BCUT2D eigenvalue weighted by Crippen LogP contribution is 2.38. The number of hydrogen-bond acceptors (Lipinski definition) is 9. The average Bonchev–Trinajstić information content (AvgIpc) is 3.52. The van der Waals surface area contributed by atoms with Crippen molar-refractivity contribution in [1.29, 1.82) is 0 Å². The van der Waals surface area contributed by atoms with Crippen LogP contribution in [0.5, 0.6) is 0 Å². The summed E-state index contributed by atoms with van der Waals surface area (Å²) in [7, 11) is -2.49. The summed E-state index contributed by atoms with van der Waals surface area (Å²) in [6, 6.07) is 0.106. The molecule has 0 bridgehead atoms. The maximum Gasteiger partial charge on any atom is 0.367 e. The molecule has 1 atom stereocenters. The predicted molar refractivity (Wildman–Crippen MR) is 104 cm³/mol. The second-order valence-corrected chi connectivity index (χ2v) is 9.83. The summed E-state index contributed by atoms with van der Waals surface area (Å²) in [4.78, 5) is 27.1. The fraction of sp³-hybridized carbons (Fsp3) is 0.611. The fourth-order valence-electron chi connectivity index (χ4n) is 3.82. The Morgan fingerprint density at radius 2 is 2.07 bits per heavy atom. The SMILES string of the molecule is COC(=O)C(CC1CCOCC1)n1ncc2c(S(=O)(=O)C3CC3)cc([N+](=O)[O-])nc21. The third-order valence-corrected chi connectivity index (χ3v) is 7.94. The number of carbonyl (C=O) groups is 1. The Morgan fingerprint density at radius 1 is 1.37 bits per heavy atom. The maximum absolute atomic E-state index is 12.9. The van der Waals surface area contributed by atoms with E-state index in [-0.39, 0.29) is 21.8 Å². The molecule has 4 rings (SSSR count). The van der Waals surface area contributed by atoms with E-state index in [9.17, 15) is 23.3 Å². The summed E-state index contributed by atoms with van der Waals surface area (Å²) in [5.74, 6) is -0.986. The molecule has 3 heterocycles. The van der Waals surface area contributed by atoms with Crippen LogP contribution in [-0.2, 0) is 24.1 Å². The lowest BCUT2D eigenvalue weighted by molar-refractivity contribution is -0.389. The molecular formula is C18H22N4O7S. The number of nitrogens with zero attached hydrogens (tertiary/aromatic N) is 4. The van der Waals surface area contributed by atoms with E-state index in [0.29, 0.717) is 32.5 Å². The normalized spacial score (nSPS) is 19.0.